The van der Waals surface area contributed by atoms with Crippen molar-refractivity contribution in [1.82, 2.24) is 39.6 Å². The van der Waals surface area contributed by atoms with Crippen LogP contribution in [0.2, 0.25) is 0 Å². The maximum absolute atomic E-state index is 6.11. The predicted octanol–water partition coefficient (Wildman–Crippen LogP) is 4.91. The van der Waals surface area contributed by atoms with Crippen LogP contribution in [0, 0.1) is 6.92 Å². The van der Waals surface area contributed by atoms with Crippen molar-refractivity contribution in [2.24, 2.45) is 7.05 Å². The monoisotopic (exact) mass is 530 g/mol. The van der Waals surface area contributed by atoms with Gasteiger partial charge in [-0.05, 0) is 55.0 Å². The summed E-state index contributed by atoms with van der Waals surface area (Å²) in [7, 11) is 1.90. The fourth-order valence-electron chi connectivity index (χ4n) is 5.86. The molecule has 10 nitrogen and oxygen atoms in total. The molecule has 1 aliphatic carbocycles. The first-order valence-corrected chi connectivity index (χ1v) is 13.4. The van der Waals surface area contributed by atoms with Crippen LogP contribution in [0.3, 0.4) is 0 Å². The third-order valence-electron chi connectivity index (χ3n) is 7.86. The molecule has 0 radical (unpaired) electrons. The molecule has 0 fully saturated rings. The molecule has 2 aromatic carbocycles. The zero-order valence-corrected chi connectivity index (χ0v) is 22.1. The minimum absolute atomic E-state index is 0.196. The molecule has 4 aromatic heterocycles. The molecule has 198 valence electrons. The van der Waals surface area contributed by atoms with Crippen molar-refractivity contribution in [3.8, 4) is 28.9 Å². The molecule has 0 saturated heterocycles. The van der Waals surface area contributed by atoms with Crippen LogP contribution in [0.15, 0.2) is 61.2 Å². The molecular weight excluding hydrogens is 504 g/mol. The Kier molecular flexibility index (Phi) is 5.03. The molecule has 1 N–H and O–H groups in total. The number of aromatic amines is 1. The summed E-state index contributed by atoms with van der Waals surface area (Å²) >= 11 is 0. The van der Waals surface area contributed by atoms with Gasteiger partial charge in [-0.25, -0.2) is 14.5 Å². The van der Waals surface area contributed by atoms with Crippen LogP contribution >= 0.6 is 0 Å². The van der Waals surface area contributed by atoms with E-state index in [9.17, 15) is 0 Å². The van der Waals surface area contributed by atoms with Crippen molar-refractivity contribution in [3.05, 3.63) is 100 Å². The Hall–Kier alpha value is -4.99. The summed E-state index contributed by atoms with van der Waals surface area (Å²) in [5.74, 6) is 2.33. The topological polar surface area (TPSA) is 108 Å². The molecule has 40 heavy (non-hydrogen) atoms. The summed E-state index contributed by atoms with van der Waals surface area (Å²) in [6.07, 6.45) is 9.05. The fraction of sp³-hybridized carbons (Fsp3) is 0.233. The van der Waals surface area contributed by atoms with Crippen molar-refractivity contribution in [2.45, 2.75) is 38.7 Å². The van der Waals surface area contributed by atoms with Crippen LogP contribution in [0.1, 0.15) is 51.4 Å². The average Bonchev–Trinajstić information content (AvgIpc) is 3.77. The number of fused-ring (bicyclic) bond motifs is 5. The number of hydrogen-bond donors (Lipinski definition) is 1. The zero-order valence-electron chi connectivity index (χ0n) is 22.1. The van der Waals surface area contributed by atoms with Crippen LogP contribution in [0.4, 0.5) is 0 Å². The van der Waals surface area contributed by atoms with Gasteiger partial charge >= 0.3 is 0 Å². The second-order valence-electron chi connectivity index (χ2n) is 10.5. The first-order valence-electron chi connectivity index (χ1n) is 13.4. The van der Waals surface area contributed by atoms with Crippen LogP contribution in [0.5, 0.6) is 17.5 Å². The SMILES string of the molecule is Cc1[nH]nc2c1[C@H](c1cnn(C)c1)c1c(ncn3nc(-c4ccc(COc5ccc6c(c5)CCC6)cc4)nc13)O2. The highest BCUT2D eigenvalue weighted by Gasteiger charge is 2.37. The normalized spacial score (nSPS) is 15.5. The molecule has 10 heteroatoms. The smallest absolute Gasteiger partial charge is 0.244 e. The molecule has 8 rings (SSSR count). The van der Waals surface area contributed by atoms with Crippen LogP contribution in [-0.2, 0) is 26.5 Å². The Balaban J connectivity index is 1.11. The van der Waals surface area contributed by atoms with Crippen molar-refractivity contribution < 1.29 is 9.47 Å². The highest BCUT2D eigenvalue weighted by Crippen LogP contribution is 2.48. The summed E-state index contributed by atoms with van der Waals surface area (Å²) in [6, 6.07) is 14.6. The van der Waals surface area contributed by atoms with Crippen LogP contribution in [-0.4, -0.2) is 39.6 Å². The highest BCUT2D eigenvalue weighted by atomic mass is 16.5. The molecule has 2 aliphatic rings. The fourth-order valence-corrected chi connectivity index (χ4v) is 5.86. The maximum atomic E-state index is 6.11. The minimum Gasteiger partial charge on any atom is -0.489 e. The lowest BCUT2D eigenvalue weighted by Crippen LogP contribution is -2.14. The first-order chi connectivity index (χ1) is 19.6. The van der Waals surface area contributed by atoms with E-state index >= 15 is 0 Å². The number of ether oxygens (including phenoxy) is 2. The Morgan fingerprint density at radius 2 is 1.93 bits per heavy atom. The molecule has 0 unspecified atom stereocenters. The third kappa shape index (κ3) is 3.67. The molecule has 6 aromatic rings. The molecule has 0 saturated carbocycles. The second kappa shape index (κ2) is 8.77. The first kappa shape index (κ1) is 22.9. The zero-order chi connectivity index (χ0) is 26.8. The number of benzene rings is 2. The maximum Gasteiger partial charge on any atom is 0.244 e. The summed E-state index contributed by atoms with van der Waals surface area (Å²) in [5, 5.41) is 16.6. The summed E-state index contributed by atoms with van der Waals surface area (Å²) < 4.78 is 15.7. The molecule has 0 amide bonds. The van der Waals surface area contributed by atoms with Crippen LogP contribution < -0.4 is 9.47 Å². The largest absolute Gasteiger partial charge is 0.489 e. The van der Waals surface area contributed by atoms with E-state index in [0.29, 0.717) is 29.8 Å². The number of aromatic nitrogens is 8. The van der Waals surface area contributed by atoms with Gasteiger partial charge in [0.25, 0.3) is 0 Å². The lowest BCUT2D eigenvalue weighted by Gasteiger charge is -2.24. The quantitative estimate of drug-likeness (QED) is 0.337. The van der Waals surface area contributed by atoms with Gasteiger partial charge < -0.3 is 9.47 Å². The van der Waals surface area contributed by atoms with Crippen LogP contribution in [0.25, 0.3) is 17.0 Å². The number of hydrogen-bond acceptors (Lipinski definition) is 7. The highest BCUT2D eigenvalue weighted by molar-refractivity contribution is 5.68. The Labute approximate surface area is 229 Å². The Bertz CT molecular complexity index is 1900. The van der Waals surface area contributed by atoms with Gasteiger partial charge in [0, 0.05) is 35.6 Å². The van der Waals surface area contributed by atoms with Crippen molar-refractivity contribution in [3.63, 3.8) is 0 Å². The van der Waals surface area contributed by atoms with E-state index < -0.39 is 0 Å². The Morgan fingerprint density at radius 3 is 2.77 bits per heavy atom. The van der Waals surface area contributed by atoms with Gasteiger partial charge in [0.2, 0.25) is 11.8 Å². The van der Waals surface area contributed by atoms with Gasteiger partial charge in [-0.2, -0.15) is 5.10 Å². The van der Waals surface area contributed by atoms with E-state index in [-0.39, 0.29) is 5.92 Å². The number of H-pyrrole nitrogens is 1. The molecule has 5 heterocycles. The van der Waals surface area contributed by atoms with Gasteiger partial charge in [0.05, 0.1) is 17.7 Å². The number of rotatable bonds is 5. The summed E-state index contributed by atoms with van der Waals surface area (Å²) in [6.45, 7) is 2.49. The second-order valence-corrected chi connectivity index (χ2v) is 10.5. The molecule has 0 spiro atoms. The van der Waals surface area contributed by atoms with E-state index in [0.717, 1.165) is 45.7 Å². The number of nitrogens with zero attached hydrogens (tertiary/aromatic N) is 7. The van der Waals surface area contributed by atoms with Gasteiger partial charge in [-0.1, -0.05) is 30.3 Å². The minimum atomic E-state index is -0.196. The summed E-state index contributed by atoms with van der Waals surface area (Å²) in [5.41, 5.74) is 9.26. The van der Waals surface area contributed by atoms with E-state index in [4.69, 9.17) is 19.6 Å². The number of aryl methyl sites for hydroxylation is 4. The van der Waals surface area contributed by atoms with E-state index in [1.807, 2.05) is 38.5 Å². The van der Waals surface area contributed by atoms with Gasteiger partial charge in [0.1, 0.15) is 18.7 Å². The third-order valence-corrected chi connectivity index (χ3v) is 7.86. The van der Waals surface area contributed by atoms with E-state index in [1.165, 1.54) is 24.0 Å². The van der Waals surface area contributed by atoms with Crippen molar-refractivity contribution in [1.29, 1.82) is 0 Å². The van der Waals surface area contributed by atoms with E-state index in [2.05, 4.69) is 50.6 Å². The number of nitrogens with one attached hydrogen (secondary N) is 1. The molecular formula is C30H26N8O2. The summed E-state index contributed by atoms with van der Waals surface area (Å²) in [4.78, 5) is 9.54. The van der Waals surface area contributed by atoms with Crippen molar-refractivity contribution >= 4 is 5.65 Å². The van der Waals surface area contributed by atoms with Crippen molar-refractivity contribution in [2.75, 3.05) is 0 Å². The standard InChI is InChI=1S/C30H26N8O2/c1-17-24-25(22-13-32-37(2)14-22)26-28-33-27(36-38(28)16-31-29(26)40-30(24)35-34-17)20-8-6-18(7-9-20)15-39-23-11-10-19-4-3-5-21(19)12-23/h6-14,16,25H,3-5,15H2,1-2H3,(H,34,35)/t25-/m0/s1. The lowest BCUT2D eigenvalue weighted by atomic mass is 9.86. The molecule has 1 atom stereocenters. The predicted molar refractivity (Wildman–Crippen MR) is 147 cm³/mol. The lowest BCUT2D eigenvalue weighted by molar-refractivity contribution is 0.306. The van der Waals surface area contributed by atoms with E-state index in [1.54, 1.807) is 15.5 Å². The van der Waals surface area contributed by atoms with Gasteiger partial charge in [-0.15, -0.1) is 10.2 Å². The molecule has 0 bridgehead atoms. The molecule has 1 aliphatic heterocycles. The van der Waals surface area contributed by atoms with Gasteiger partial charge in [0.15, 0.2) is 11.5 Å². The van der Waals surface area contributed by atoms with Gasteiger partial charge in [-0.3, -0.25) is 9.78 Å². The average molecular weight is 531 g/mol. The Morgan fingerprint density at radius 1 is 1.05 bits per heavy atom.